The quantitative estimate of drug-likeness (QED) is 0.815. The van der Waals surface area contributed by atoms with E-state index in [-0.39, 0.29) is 0 Å². The zero-order valence-electron chi connectivity index (χ0n) is 9.65. The number of rotatable bonds is 2. The van der Waals surface area contributed by atoms with Crippen molar-refractivity contribution < 1.29 is 9.84 Å². The van der Waals surface area contributed by atoms with Crippen LogP contribution in [0.15, 0.2) is 24.3 Å². The molecule has 1 aromatic rings. The number of aliphatic hydroxyl groups is 1. The summed E-state index contributed by atoms with van der Waals surface area (Å²) in [6.07, 6.45) is 0. The zero-order chi connectivity index (χ0) is 11.6. The second-order valence-corrected chi connectivity index (χ2v) is 4.29. The van der Waals surface area contributed by atoms with Gasteiger partial charge in [-0.2, -0.15) is 0 Å². The van der Waals surface area contributed by atoms with Crippen LogP contribution < -0.4 is 0 Å². The fourth-order valence-electron chi connectivity index (χ4n) is 2.01. The number of aryl methyl sites for hydroxylation is 1. The van der Waals surface area contributed by atoms with Crippen LogP contribution in [-0.4, -0.2) is 36.3 Å². The van der Waals surface area contributed by atoms with E-state index in [2.05, 4.69) is 6.92 Å². The molecule has 0 aromatic heterocycles. The molecule has 1 atom stereocenters. The average Bonchev–Trinajstić information content (AvgIpc) is 2.30. The predicted octanol–water partition coefficient (Wildman–Crippen LogP) is 1.31. The van der Waals surface area contributed by atoms with Crippen molar-refractivity contribution in [2.75, 3.05) is 26.3 Å². The van der Waals surface area contributed by atoms with Crippen LogP contribution in [0.3, 0.4) is 0 Å². The molecule has 1 unspecified atom stereocenters. The van der Waals surface area contributed by atoms with Gasteiger partial charge < -0.3 is 9.84 Å². The van der Waals surface area contributed by atoms with Gasteiger partial charge in [-0.15, -0.1) is 0 Å². The molecular weight excluding hydrogens is 202 g/mol. The van der Waals surface area contributed by atoms with Gasteiger partial charge in [0.05, 0.1) is 13.2 Å². The third-order valence-electron chi connectivity index (χ3n) is 3.01. The second-order valence-electron chi connectivity index (χ2n) is 4.29. The van der Waals surface area contributed by atoms with Gasteiger partial charge in [-0.25, -0.2) is 0 Å². The lowest BCUT2D eigenvalue weighted by atomic mass is 10.0. The molecule has 0 saturated carbocycles. The smallest absolute Gasteiger partial charge is 0.144 e. The Balaban J connectivity index is 2.22. The van der Waals surface area contributed by atoms with E-state index in [0.29, 0.717) is 26.3 Å². The van der Waals surface area contributed by atoms with Gasteiger partial charge in [0.25, 0.3) is 0 Å². The maximum absolute atomic E-state index is 10.5. The molecule has 2 rings (SSSR count). The first-order valence-electron chi connectivity index (χ1n) is 5.58. The van der Waals surface area contributed by atoms with Crippen molar-refractivity contribution in [2.24, 2.45) is 0 Å². The van der Waals surface area contributed by atoms with Crippen LogP contribution in [0.5, 0.6) is 0 Å². The number of benzene rings is 1. The SMILES string of the molecule is [CH2]C(O)(c1cccc(C)c1)N1CCOCC1. The molecule has 87 valence electrons. The van der Waals surface area contributed by atoms with Gasteiger partial charge in [0.2, 0.25) is 0 Å². The summed E-state index contributed by atoms with van der Waals surface area (Å²) in [5, 5.41) is 10.5. The largest absolute Gasteiger partial charge is 0.379 e. The second kappa shape index (κ2) is 4.53. The minimum atomic E-state index is -1.14. The van der Waals surface area contributed by atoms with Crippen molar-refractivity contribution in [3.8, 4) is 0 Å². The molecule has 1 aliphatic heterocycles. The molecule has 0 spiro atoms. The van der Waals surface area contributed by atoms with E-state index in [4.69, 9.17) is 4.74 Å². The molecule has 1 aromatic carbocycles. The van der Waals surface area contributed by atoms with Crippen molar-refractivity contribution in [3.05, 3.63) is 42.3 Å². The van der Waals surface area contributed by atoms with Crippen molar-refractivity contribution in [3.63, 3.8) is 0 Å². The maximum atomic E-state index is 10.5. The standard InChI is InChI=1S/C13H18NO2/c1-11-4-3-5-12(10-11)13(2,15)14-6-8-16-9-7-14/h3-5,10,15H,2,6-9H2,1H3. The van der Waals surface area contributed by atoms with E-state index >= 15 is 0 Å². The Morgan fingerprint density at radius 2 is 2.06 bits per heavy atom. The molecule has 0 bridgehead atoms. The highest BCUT2D eigenvalue weighted by molar-refractivity contribution is 5.28. The van der Waals surface area contributed by atoms with E-state index in [1.807, 2.05) is 36.1 Å². The lowest BCUT2D eigenvalue weighted by molar-refractivity contribution is -0.117. The van der Waals surface area contributed by atoms with Crippen molar-refractivity contribution >= 4 is 0 Å². The first-order chi connectivity index (χ1) is 7.60. The van der Waals surface area contributed by atoms with E-state index in [1.54, 1.807) is 0 Å². The fraction of sp³-hybridized carbons (Fsp3) is 0.462. The van der Waals surface area contributed by atoms with Gasteiger partial charge >= 0.3 is 0 Å². The van der Waals surface area contributed by atoms with Crippen LogP contribution in [0, 0.1) is 13.8 Å². The molecule has 1 radical (unpaired) electrons. The van der Waals surface area contributed by atoms with Crippen molar-refractivity contribution in [1.82, 2.24) is 4.90 Å². The van der Waals surface area contributed by atoms with Crippen LogP contribution in [0.2, 0.25) is 0 Å². The van der Waals surface area contributed by atoms with Crippen LogP contribution in [0.1, 0.15) is 11.1 Å². The van der Waals surface area contributed by atoms with E-state index in [9.17, 15) is 5.11 Å². The molecule has 0 amide bonds. The number of ether oxygens (including phenoxy) is 1. The van der Waals surface area contributed by atoms with Gasteiger partial charge in [-0.3, -0.25) is 4.90 Å². The molecule has 16 heavy (non-hydrogen) atoms. The van der Waals surface area contributed by atoms with Crippen LogP contribution in [0.4, 0.5) is 0 Å². The molecule has 1 N–H and O–H groups in total. The van der Waals surface area contributed by atoms with Gasteiger partial charge in [0, 0.05) is 13.1 Å². The number of hydrogen-bond donors (Lipinski definition) is 1. The molecule has 0 aliphatic carbocycles. The van der Waals surface area contributed by atoms with Gasteiger partial charge in [0.1, 0.15) is 5.72 Å². The van der Waals surface area contributed by atoms with Crippen LogP contribution >= 0.6 is 0 Å². The minimum absolute atomic E-state index is 0.656. The monoisotopic (exact) mass is 220 g/mol. The number of hydrogen-bond acceptors (Lipinski definition) is 3. The molecule has 1 aliphatic rings. The Kier molecular flexibility index (Phi) is 3.28. The summed E-state index contributed by atoms with van der Waals surface area (Å²) in [6.45, 7) is 8.69. The fourth-order valence-corrected chi connectivity index (χ4v) is 2.01. The van der Waals surface area contributed by atoms with E-state index < -0.39 is 5.72 Å². The molecular formula is C13H18NO2. The number of nitrogens with zero attached hydrogens (tertiary/aromatic N) is 1. The van der Waals surface area contributed by atoms with E-state index in [0.717, 1.165) is 11.1 Å². The Morgan fingerprint density at radius 1 is 1.38 bits per heavy atom. The maximum Gasteiger partial charge on any atom is 0.144 e. The van der Waals surface area contributed by atoms with E-state index in [1.165, 1.54) is 0 Å². The third-order valence-corrected chi connectivity index (χ3v) is 3.01. The Hall–Kier alpha value is -0.900. The first-order valence-corrected chi connectivity index (χ1v) is 5.58. The Bertz CT molecular complexity index is 357. The predicted molar refractivity (Wildman–Crippen MR) is 62.8 cm³/mol. The molecule has 1 heterocycles. The van der Waals surface area contributed by atoms with Gasteiger partial charge in [-0.1, -0.05) is 29.8 Å². The molecule has 3 heteroatoms. The Morgan fingerprint density at radius 3 is 2.69 bits per heavy atom. The van der Waals surface area contributed by atoms with Gasteiger partial charge in [0.15, 0.2) is 0 Å². The third kappa shape index (κ3) is 2.26. The summed E-state index contributed by atoms with van der Waals surface area (Å²) in [5.74, 6) is 0. The zero-order valence-corrected chi connectivity index (χ0v) is 9.65. The van der Waals surface area contributed by atoms with Crippen LogP contribution in [-0.2, 0) is 10.5 Å². The summed E-state index contributed by atoms with van der Waals surface area (Å²) in [4.78, 5) is 1.95. The summed E-state index contributed by atoms with van der Waals surface area (Å²) >= 11 is 0. The highest BCUT2D eigenvalue weighted by Crippen LogP contribution is 2.26. The summed E-state index contributed by atoms with van der Waals surface area (Å²) in [7, 11) is 0. The topological polar surface area (TPSA) is 32.7 Å². The average molecular weight is 220 g/mol. The van der Waals surface area contributed by atoms with Crippen LogP contribution in [0.25, 0.3) is 0 Å². The lowest BCUT2D eigenvalue weighted by Gasteiger charge is -2.39. The number of morpholine rings is 1. The van der Waals surface area contributed by atoms with Crippen molar-refractivity contribution in [2.45, 2.75) is 12.6 Å². The van der Waals surface area contributed by atoms with Crippen molar-refractivity contribution in [1.29, 1.82) is 0 Å². The summed E-state index contributed by atoms with van der Waals surface area (Å²) in [6, 6.07) is 7.85. The lowest BCUT2D eigenvalue weighted by Crippen LogP contribution is -2.49. The molecule has 1 saturated heterocycles. The Labute approximate surface area is 96.6 Å². The summed E-state index contributed by atoms with van der Waals surface area (Å²) in [5.41, 5.74) is 0.831. The minimum Gasteiger partial charge on any atom is -0.379 e. The molecule has 3 nitrogen and oxygen atoms in total. The normalized spacial score (nSPS) is 21.7. The van der Waals surface area contributed by atoms with Gasteiger partial charge in [-0.05, 0) is 19.4 Å². The molecule has 1 fully saturated rings. The summed E-state index contributed by atoms with van der Waals surface area (Å²) < 4.78 is 5.27. The highest BCUT2D eigenvalue weighted by atomic mass is 16.5. The highest BCUT2D eigenvalue weighted by Gasteiger charge is 2.32. The first kappa shape index (κ1) is 11.6.